The van der Waals surface area contributed by atoms with Crippen molar-refractivity contribution < 1.29 is 4.39 Å². The summed E-state index contributed by atoms with van der Waals surface area (Å²) in [6.45, 7) is 2.10. The van der Waals surface area contributed by atoms with Crippen molar-refractivity contribution in [3.8, 4) is 0 Å². The lowest BCUT2D eigenvalue weighted by molar-refractivity contribution is 0.0809. The molecule has 0 saturated heterocycles. The second-order valence-electron chi connectivity index (χ2n) is 9.70. The van der Waals surface area contributed by atoms with Crippen molar-refractivity contribution >= 4 is 0 Å². The third kappa shape index (κ3) is 4.61. The first-order valence-corrected chi connectivity index (χ1v) is 11.8. The molecule has 0 radical (unpaired) electrons. The van der Waals surface area contributed by atoms with Gasteiger partial charge in [-0.3, -0.25) is 0 Å². The van der Waals surface area contributed by atoms with Gasteiger partial charge in [-0.25, -0.2) is 4.39 Å². The van der Waals surface area contributed by atoms with Crippen LogP contribution >= 0.6 is 0 Å². The minimum absolute atomic E-state index is 0.506. The summed E-state index contributed by atoms with van der Waals surface area (Å²) in [6.07, 6.45) is 21.3. The van der Waals surface area contributed by atoms with E-state index in [2.05, 4.69) is 37.3 Å². The summed E-state index contributed by atoms with van der Waals surface area (Å²) in [7, 11) is 0. The van der Waals surface area contributed by atoms with E-state index < -0.39 is 0 Å². The van der Waals surface area contributed by atoms with Crippen LogP contribution in [-0.2, 0) is 19.3 Å². The first-order chi connectivity index (χ1) is 13.8. The van der Waals surface area contributed by atoms with Gasteiger partial charge >= 0.3 is 0 Å². The maximum atomic E-state index is 12.5. The smallest absolute Gasteiger partial charge is 0.0829 e. The van der Waals surface area contributed by atoms with Gasteiger partial charge in [0.25, 0.3) is 0 Å². The van der Waals surface area contributed by atoms with Crippen LogP contribution in [0.1, 0.15) is 75.0 Å². The molecule has 3 aliphatic rings. The number of halogens is 1. The number of fused-ring (bicyclic) bond motifs is 2. The molecule has 0 aromatic heterocycles. The van der Waals surface area contributed by atoms with Gasteiger partial charge in [0.15, 0.2) is 0 Å². The van der Waals surface area contributed by atoms with Gasteiger partial charge in [0.05, 0.1) is 6.33 Å². The van der Waals surface area contributed by atoms with Crippen LogP contribution in [0.5, 0.6) is 0 Å². The Hall–Kier alpha value is -1.37. The van der Waals surface area contributed by atoms with Gasteiger partial charge < -0.3 is 0 Å². The highest BCUT2D eigenvalue weighted by Crippen LogP contribution is 2.48. The van der Waals surface area contributed by atoms with Gasteiger partial charge in [-0.15, -0.1) is 0 Å². The first kappa shape index (κ1) is 19.9. The fourth-order valence-electron chi connectivity index (χ4n) is 6.48. The quantitative estimate of drug-likeness (QED) is 0.461. The maximum Gasteiger partial charge on any atom is 0.0829 e. The highest BCUT2D eigenvalue weighted by Gasteiger charge is 2.38. The number of rotatable bonds is 5. The molecule has 1 heteroatoms. The van der Waals surface area contributed by atoms with E-state index in [1.807, 2.05) is 6.08 Å². The maximum absolute atomic E-state index is 12.5. The molecule has 2 fully saturated rings. The summed E-state index contributed by atoms with van der Waals surface area (Å²) in [5.74, 6) is 4.11. The van der Waals surface area contributed by atoms with Gasteiger partial charge in [0.1, 0.15) is 0 Å². The molecule has 28 heavy (non-hydrogen) atoms. The molecule has 0 spiro atoms. The zero-order valence-electron chi connectivity index (χ0n) is 17.6. The predicted octanol–water partition coefficient (Wildman–Crippen LogP) is 7.62. The number of aryl methyl sites for hydroxylation is 2. The summed E-state index contributed by atoms with van der Waals surface area (Å²) < 4.78 is 12.5. The average molecular weight is 381 g/mol. The monoisotopic (exact) mass is 380 g/mol. The van der Waals surface area contributed by atoms with Crippen molar-refractivity contribution in [2.45, 2.75) is 77.6 Å². The Bertz CT molecular complexity index is 700. The molecule has 0 amide bonds. The normalized spacial score (nSPS) is 33.1. The van der Waals surface area contributed by atoms with E-state index in [4.69, 9.17) is 0 Å². The van der Waals surface area contributed by atoms with E-state index in [-0.39, 0.29) is 0 Å². The number of allylic oxidation sites excluding steroid dienone is 3. The molecule has 0 nitrogen and oxygen atoms in total. The van der Waals surface area contributed by atoms with Crippen molar-refractivity contribution in [3.05, 3.63) is 59.4 Å². The number of benzene rings is 1. The Morgan fingerprint density at radius 3 is 2.54 bits per heavy atom. The van der Waals surface area contributed by atoms with Gasteiger partial charge in [0.2, 0.25) is 0 Å². The zero-order chi connectivity index (χ0) is 19.3. The van der Waals surface area contributed by atoms with Crippen LogP contribution in [0.3, 0.4) is 0 Å². The van der Waals surface area contributed by atoms with E-state index in [0.29, 0.717) is 5.92 Å². The molecule has 1 aromatic rings. The average Bonchev–Trinajstić information content (AvgIpc) is 2.73. The summed E-state index contributed by atoms with van der Waals surface area (Å²) in [5, 5.41) is 0. The fourth-order valence-corrected chi connectivity index (χ4v) is 6.48. The molecule has 3 aliphatic carbocycles. The Kier molecular flexibility index (Phi) is 6.70. The summed E-state index contributed by atoms with van der Waals surface area (Å²) in [5.41, 5.74) is 4.77. The van der Waals surface area contributed by atoms with E-state index in [9.17, 15) is 4.39 Å². The highest BCUT2D eigenvalue weighted by molar-refractivity contribution is 5.34. The van der Waals surface area contributed by atoms with E-state index in [1.165, 1.54) is 69.8 Å². The Labute approximate surface area is 171 Å². The SMILES string of the molecule is CC=CCCc1ccc2c(c1)CCC(C1CCC3CC(C=CF)CCC3C1)C2. The third-order valence-electron chi connectivity index (χ3n) is 8.08. The third-order valence-corrected chi connectivity index (χ3v) is 8.08. The molecule has 5 unspecified atom stereocenters. The molecule has 5 atom stereocenters. The first-order valence-electron chi connectivity index (χ1n) is 11.8. The van der Waals surface area contributed by atoms with Crippen LogP contribution in [-0.4, -0.2) is 0 Å². The van der Waals surface area contributed by atoms with Crippen molar-refractivity contribution in [1.82, 2.24) is 0 Å². The molecule has 4 rings (SSSR count). The molecule has 0 aliphatic heterocycles. The lowest BCUT2D eigenvalue weighted by Crippen LogP contribution is -2.34. The highest BCUT2D eigenvalue weighted by atomic mass is 19.1. The molecular weight excluding hydrogens is 343 g/mol. The molecule has 1 aromatic carbocycles. The van der Waals surface area contributed by atoms with Gasteiger partial charge in [0, 0.05) is 0 Å². The number of hydrogen-bond donors (Lipinski definition) is 0. The van der Waals surface area contributed by atoms with Crippen LogP contribution in [0.25, 0.3) is 0 Å². The Morgan fingerprint density at radius 1 is 0.929 bits per heavy atom. The molecule has 0 heterocycles. The standard InChI is InChI=1S/C27H37F/c1-2-3-4-5-20-6-8-24-18-26(12-10-22(24)16-20)27-13-11-23-17-21(14-15-28)7-9-25(23)19-27/h2-3,6,8,14-16,21,23,25-27H,4-5,7,9-13,17-19H2,1H3. The molecular formula is C27H37F. The van der Waals surface area contributed by atoms with Crippen LogP contribution in [0.4, 0.5) is 4.39 Å². The van der Waals surface area contributed by atoms with Crippen molar-refractivity contribution in [1.29, 1.82) is 0 Å². The number of hydrogen-bond acceptors (Lipinski definition) is 0. The zero-order valence-corrected chi connectivity index (χ0v) is 17.6. The minimum Gasteiger partial charge on any atom is -0.216 e. The van der Waals surface area contributed by atoms with Gasteiger partial charge in [-0.2, -0.15) is 0 Å². The van der Waals surface area contributed by atoms with E-state index >= 15 is 0 Å². The summed E-state index contributed by atoms with van der Waals surface area (Å²) in [6, 6.07) is 7.31. The van der Waals surface area contributed by atoms with Gasteiger partial charge in [-0.05, 0) is 124 Å². The summed E-state index contributed by atoms with van der Waals surface area (Å²) in [4.78, 5) is 0. The van der Waals surface area contributed by atoms with E-state index in [0.717, 1.165) is 36.4 Å². The Morgan fingerprint density at radius 2 is 1.71 bits per heavy atom. The van der Waals surface area contributed by atoms with Gasteiger partial charge in [-0.1, -0.05) is 36.4 Å². The van der Waals surface area contributed by atoms with Crippen LogP contribution in [0, 0.1) is 29.6 Å². The van der Waals surface area contributed by atoms with Crippen molar-refractivity contribution in [2.24, 2.45) is 29.6 Å². The lowest BCUT2D eigenvalue weighted by Gasteiger charge is -2.44. The van der Waals surface area contributed by atoms with Crippen LogP contribution < -0.4 is 0 Å². The minimum atomic E-state index is 0.506. The fraction of sp³-hybridized carbons (Fsp3) is 0.630. The van der Waals surface area contributed by atoms with E-state index in [1.54, 1.807) is 11.1 Å². The molecule has 0 N–H and O–H groups in total. The largest absolute Gasteiger partial charge is 0.216 e. The molecule has 152 valence electrons. The van der Waals surface area contributed by atoms with Crippen LogP contribution in [0.15, 0.2) is 42.8 Å². The van der Waals surface area contributed by atoms with Crippen LogP contribution in [0.2, 0.25) is 0 Å². The second kappa shape index (κ2) is 9.42. The van der Waals surface area contributed by atoms with Crippen molar-refractivity contribution in [2.75, 3.05) is 0 Å². The second-order valence-corrected chi connectivity index (χ2v) is 9.70. The van der Waals surface area contributed by atoms with Crippen molar-refractivity contribution in [3.63, 3.8) is 0 Å². The predicted molar refractivity (Wildman–Crippen MR) is 117 cm³/mol. The summed E-state index contributed by atoms with van der Waals surface area (Å²) >= 11 is 0. The molecule has 2 saturated carbocycles. The lowest BCUT2D eigenvalue weighted by atomic mass is 9.61. The Balaban J connectivity index is 1.34. The molecule has 0 bridgehead atoms. The topological polar surface area (TPSA) is 0 Å².